The second kappa shape index (κ2) is 6.28. The molecule has 0 aliphatic heterocycles. The number of oxime groups is 1. The third kappa shape index (κ3) is 3.95. The van der Waals surface area contributed by atoms with E-state index >= 15 is 0 Å². The van der Waals surface area contributed by atoms with Gasteiger partial charge in [-0.2, -0.15) is 0 Å². The zero-order chi connectivity index (χ0) is 12.8. The van der Waals surface area contributed by atoms with Crippen LogP contribution in [0.5, 0.6) is 0 Å². The van der Waals surface area contributed by atoms with Crippen molar-refractivity contribution in [1.82, 2.24) is 0 Å². The zero-order valence-corrected chi connectivity index (χ0v) is 10.0. The Kier molecular flexibility index (Phi) is 4.45. The number of halogens is 2. The van der Waals surface area contributed by atoms with Crippen LogP contribution in [0.1, 0.15) is 31.2 Å². The van der Waals surface area contributed by atoms with Crippen molar-refractivity contribution in [1.29, 1.82) is 0 Å². The average Bonchev–Trinajstić information content (AvgIpc) is 2.35. The van der Waals surface area contributed by atoms with E-state index < -0.39 is 11.6 Å². The summed E-state index contributed by atoms with van der Waals surface area (Å²) in [7, 11) is 0. The molecule has 0 atom stereocenters. The highest BCUT2D eigenvalue weighted by Gasteiger charge is 2.02. The lowest BCUT2D eigenvalue weighted by atomic mass is 10.0. The van der Waals surface area contributed by atoms with E-state index in [0.29, 0.717) is 5.56 Å². The highest BCUT2D eigenvalue weighted by molar-refractivity contribution is 5.78. The fourth-order valence-corrected chi connectivity index (χ4v) is 1.89. The molecule has 0 N–H and O–H groups in total. The van der Waals surface area contributed by atoms with E-state index in [1.165, 1.54) is 25.0 Å². The van der Waals surface area contributed by atoms with Crippen LogP contribution in [0.25, 0.3) is 0 Å². The van der Waals surface area contributed by atoms with Crippen LogP contribution in [-0.4, -0.2) is 6.21 Å². The van der Waals surface area contributed by atoms with Crippen LogP contribution in [0.2, 0.25) is 0 Å². The minimum absolute atomic E-state index is 0.0679. The number of benzene rings is 1. The maximum absolute atomic E-state index is 12.9. The van der Waals surface area contributed by atoms with E-state index in [1.54, 1.807) is 6.21 Å². The molecule has 0 spiro atoms. The van der Waals surface area contributed by atoms with Gasteiger partial charge in [-0.15, -0.1) is 0 Å². The van der Waals surface area contributed by atoms with Gasteiger partial charge in [-0.3, -0.25) is 0 Å². The Morgan fingerprint density at radius 1 is 1.17 bits per heavy atom. The summed E-state index contributed by atoms with van der Waals surface area (Å²) in [4.78, 5) is 5.03. The maximum atomic E-state index is 12.9. The molecule has 0 amide bonds. The summed E-state index contributed by atoms with van der Waals surface area (Å²) in [6.07, 6.45) is 8.30. The molecule has 0 aromatic heterocycles. The van der Waals surface area contributed by atoms with Crippen molar-refractivity contribution < 1.29 is 13.6 Å². The van der Waals surface area contributed by atoms with Crippen molar-refractivity contribution in [2.75, 3.05) is 0 Å². The molecule has 0 fully saturated rings. The van der Waals surface area contributed by atoms with Gasteiger partial charge in [-0.05, 0) is 49.0 Å². The molecule has 0 heterocycles. The van der Waals surface area contributed by atoms with Crippen LogP contribution < -0.4 is 0 Å². The molecular formula is C14H15F2NO. The minimum Gasteiger partial charge on any atom is -0.391 e. The quantitative estimate of drug-likeness (QED) is 0.586. The standard InChI is InChI=1S/C14H15F2NO/c15-13-6-12(7-14(16)8-13)10-18-17-9-11-4-2-1-3-5-11/h4,6-9H,1-3,5,10H2. The number of hydrogen-bond acceptors (Lipinski definition) is 2. The number of nitrogens with zero attached hydrogens (tertiary/aromatic N) is 1. The molecule has 1 aliphatic carbocycles. The Hall–Kier alpha value is -1.71. The molecular weight excluding hydrogens is 236 g/mol. The summed E-state index contributed by atoms with van der Waals surface area (Å²) in [5.74, 6) is -1.21. The summed E-state index contributed by atoms with van der Waals surface area (Å²) in [6, 6.07) is 3.30. The first-order valence-electron chi connectivity index (χ1n) is 6.03. The Bertz CT molecular complexity index is 449. The molecule has 0 radical (unpaired) electrons. The fourth-order valence-electron chi connectivity index (χ4n) is 1.89. The Balaban J connectivity index is 1.84. The van der Waals surface area contributed by atoms with Crippen LogP contribution in [0, 0.1) is 11.6 Å². The molecule has 96 valence electrons. The zero-order valence-electron chi connectivity index (χ0n) is 10.0. The second-order valence-electron chi connectivity index (χ2n) is 4.31. The highest BCUT2D eigenvalue weighted by Crippen LogP contribution is 2.15. The molecule has 18 heavy (non-hydrogen) atoms. The highest BCUT2D eigenvalue weighted by atomic mass is 19.1. The Morgan fingerprint density at radius 3 is 2.61 bits per heavy atom. The van der Waals surface area contributed by atoms with Crippen LogP contribution >= 0.6 is 0 Å². The molecule has 0 unspecified atom stereocenters. The first kappa shape index (κ1) is 12.7. The van der Waals surface area contributed by atoms with Gasteiger partial charge in [0.2, 0.25) is 0 Å². The number of rotatable bonds is 4. The van der Waals surface area contributed by atoms with Crippen molar-refractivity contribution in [3.8, 4) is 0 Å². The lowest BCUT2D eigenvalue weighted by Crippen LogP contribution is -1.94. The SMILES string of the molecule is Fc1cc(F)cc(CON=CC2=CCCCC2)c1. The fraction of sp³-hybridized carbons (Fsp3) is 0.357. The topological polar surface area (TPSA) is 21.6 Å². The molecule has 2 nitrogen and oxygen atoms in total. The number of allylic oxidation sites excluding steroid dienone is 2. The van der Waals surface area contributed by atoms with E-state index in [-0.39, 0.29) is 6.61 Å². The molecule has 1 aliphatic rings. The second-order valence-corrected chi connectivity index (χ2v) is 4.31. The summed E-state index contributed by atoms with van der Waals surface area (Å²) >= 11 is 0. The van der Waals surface area contributed by atoms with E-state index in [4.69, 9.17) is 4.84 Å². The van der Waals surface area contributed by atoms with Crippen LogP contribution in [0.4, 0.5) is 8.78 Å². The van der Waals surface area contributed by atoms with Gasteiger partial charge in [0.05, 0.1) is 6.21 Å². The predicted molar refractivity (Wildman–Crippen MR) is 66.2 cm³/mol. The van der Waals surface area contributed by atoms with E-state index in [0.717, 1.165) is 24.5 Å². The van der Waals surface area contributed by atoms with Crippen LogP contribution in [0.15, 0.2) is 35.0 Å². The lowest BCUT2D eigenvalue weighted by Gasteiger charge is -2.07. The molecule has 0 bridgehead atoms. The van der Waals surface area contributed by atoms with E-state index in [2.05, 4.69) is 11.2 Å². The van der Waals surface area contributed by atoms with E-state index in [9.17, 15) is 8.78 Å². The van der Waals surface area contributed by atoms with E-state index in [1.807, 2.05) is 0 Å². The third-order valence-corrected chi connectivity index (χ3v) is 2.77. The van der Waals surface area contributed by atoms with Crippen molar-refractivity contribution in [3.63, 3.8) is 0 Å². The molecule has 1 aromatic rings. The monoisotopic (exact) mass is 251 g/mol. The predicted octanol–water partition coefficient (Wildman–Crippen LogP) is 3.97. The smallest absolute Gasteiger partial charge is 0.142 e. The molecule has 0 saturated heterocycles. The summed E-state index contributed by atoms with van der Waals surface area (Å²) < 4.78 is 25.8. The van der Waals surface area contributed by atoms with Crippen molar-refractivity contribution in [2.45, 2.75) is 32.3 Å². The molecule has 2 rings (SSSR count). The first-order chi connectivity index (χ1) is 8.74. The van der Waals surface area contributed by atoms with Crippen LogP contribution in [-0.2, 0) is 11.4 Å². The average molecular weight is 251 g/mol. The molecule has 4 heteroatoms. The molecule has 0 saturated carbocycles. The van der Waals surface area contributed by atoms with Gasteiger partial charge in [-0.1, -0.05) is 11.2 Å². The summed E-state index contributed by atoms with van der Waals surface area (Å²) in [6.45, 7) is 0.0679. The minimum atomic E-state index is -0.604. The molecule has 1 aromatic carbocycles. The van der Waals surface area contributed by atoms with Gasteiger partial charge in [-0.25, -0.2) is 8.78 Å². The van der Waals surface area contributed by atoms with Gasteiger partial charge in [0.1, 0.15) is 18.2 Å². The van der Waals surface area contributed by atoms with Crippen molar-refractivity contribution in [3.05, 3.63) is 47.0 Å². The van der Waals surface area contributed by atoms with Crippen molar-refractivity contribution >= 4 is 6.21 Å². The summed E-state index contributed by atoms with van der Waals surface area (Å²) in [5, 5.41) is 3.81. The van der Waals surface area contributed by atoms with Gasteiger partial charge in [0.25, 0.3) is 0 Å². The summed E-state index contributed by atoms with van der Waals surface area (Å²) in [5.41, 5.74) is 1.59. The largest absolute Gasteiger partial charge is 0.391 e. The lowest BCUT2D eigenvalue weighted by molar-refractivity contribution is 0.131. The van der Waals surface area contributed by atoms with Crippen LogP contribution in [0.3, 0.4) is 0 Å². The first-order valence-corrected chi connectivity index (χ1v) is 6.03. The maximum Gasteiger partial charge on any atom is 0.142 e. The van der Waals surface area contributed by atoms with Gasteiger partial charge >= 0.3 is 0 Å². The van der Waals surface area contributed by atoms with Gasteiger partial charge in [0.15, 0.2) is 0 Å². The third-order valence-electron chi connectivity index (χ3n) is 2.77. The van der Waals surface area contributed by atoms with Gasteiger partial charge in [0, 0.05) is 6.07 Å². The van der Waals surface area contributed by atoms with Gasteiger partial charge < -0.3 is 4.84 Å². The van der Waals surface area contributed by atoms with Crippen molar-refractivity contribution in [2.24, 2.45) is 5.16 Å². The number of hydrogen-bond donors (Lipinski definition) is 0. The Morgan fingerprint density at radius 2 is 1.94 bits per heavy atom. The normalized spacial score (nSPS) is 15.8. The Labute approximate surface area is 105 Å².